The standard InChI is InChI=1S/C17H24O3/c1-5-17(10-20-11-17)9-19-8-15-6-12(2)16(14(4)18)13(3)7-15/h6-7H,5,8-11H2,1-4H3. The number of ether oxygens (including phenoxy) is 2. The maximum Gasteiger partial charge on any atom is 0.160 e. The second-order valence-corrected chi connectivity index (χ2v) is 6.00. The normalized spacial score (nSPS) is 16.8. The summed E-state index contributed by atoms with van der Waals surface area (Å²) in [7, 11) is 0. The van der Waals surface area contributed by atoms with Crippen LogP contribution < -0.4 is 0 Å². The van der Waals surface area contributed by atoms with Gasteiger partial charge >= 0.3 is 0 Å². The Balaban J connectivity index is 1.98. The first-order valence-electron chi connectivity index (χ1n) is 7.24. The molecular weight excluding hydrogens is 252 g/mol. The van der Waals surface area contributed by atoms with Gasteiger partial charge in [0.15, 0.2) is 5.78 Å². The molecule has 0 unspecified atom stereocenters. The molecule has 3 nitrogen and oxygen atoms in total. The van der Waals surface area contributed by atoms with Crippen molar-refractivity contribution in [3.8, 4) is 0 Å². The fraction of sp³-hybridized carbons (Fsp3) is 0.588. The zero-order chi connectivity index (χ0) is 14.8. The van der Waals surface area contributed by atoms with Crippen LogP contribution in [0.25, 0.3) is 0 Å². The Morgan fingerprint density at radius 3 is 2.30 bits per heavy atom. The zero-order valence-electron chi connectivity index (χ0n) is 12.9. The summed E-state index contributed by atoms with van der Waals surface area (Å²) in [4.78, 5) is 11.6. The van der Waals surface area contributed by atoms with Crippen LogP contribution >= 0.6 is 0 Å². The lowest BCUT2D eigenvalue weighted by atomic mass is 9.84. The van der Waals surface area contributed by atoms with Crippen LogP contribution in [-0.4, -0.2) is 25.6 Å². The van der Waals surface area contributed by atoms with E-state index in [2.05, 4.69) is 19.1 Å². The van der Waals surface area contributed by atoms with Gasteiger partial charge in [0.25, 0.3) is 0 Å². The topological polar surface area (TPSA) is 35.5 Å². The van der Waals surface area contributed by atoms with E-state index in [1.54, 1.807) is 6.92 Å². The van der Waals surface area contributed by atoms with Gasteiger partial charge in [-0.3, -0.25) is 4.79 Å². The first kappa shape index (κ1) is 15.2. The molecule has 0 radical (unpaired) electrons. The number of ketones is 1. The molecule has 0 bridgehead atoms. The SMILES string of the molecule is CCC1(COCc2cc(C)c(C(C)=O)c(C)c2)COC1. The average molecular weight is 276 g/mol. The van der Waals surface area contributed by atoms with Crippen molar-refractivity contribution in [2.45, 2.75) is 40.7 Å². The summed E-state index contributed by atoms with van der Waals surface area (Å²) in [5.74, 6) is 0.129. The van der Waals surface area contributed by atoms with Crippen molar-refractivity contribution in [2.75, 3.05) is 19.8 Å². The van der Waals surface area contributed by atoms with Gasteiger partial charge in [-0.15, -0.1) is 0 Å². The lowest BCUT2D eigenvalue weighted by molar-refractivity contribution is -0.152. The first-order chi connectivity index (χ1) is 9.47. The van der Waals surface area contributed by atoms with Crippen LogP contribution in [0.1, 0.15) is 47.3 Å². The minimum absolute atomic E-state index is 0.129. The summed E-state index contributed by atoms with van der Waals surface area (Å²) >= 11 is 0. The summed E-state index contributed by atoms with van der Waals surface area (Å²) in [6.45, 7) is 10.7. The third kappa shape index (κ3) is 3.10. The van der Waals surface area contributed by atoms with Gasteiger partial charge in [-0.25, -0.2) is 0 Å². The van der Waals surface area contributed by atoms with E-state index in [-0.39, 0.29) is 11.2 Å². The third-order valence-electron chi connectivity index (χ3n) is 4.19. The van der Waals surface area contributed by atoms with Gasteiger partial charge in [0.1, 0.15) is 0 Å². The largest absolute Gasteiger partial charge is 0.380 e. The molecule has 0 atom stereocenters. The number of Topliss-reactive ketones (excluding diaryl/α,β-unsaturated/α-hetero) is 1. The highest BCUT2D eigenvalue weighted by Crippen LogP contribution is 2.31. The van der Waals surface area contributed by atoms with E-state index in [9.17, 15) is 4.79 Å². The van der Waals surface area contributed by atoms with E-state index in [1.165, 1.54) is 0 Å². The minimum Gasteiger partial charge on any atom is -0.380 e. The molecule has 1 aliphatic rings. The summed E-state index contributed by atoms with van der Waals surface area (Å²) in [5, 5.41) is 0. The fourth-order valence-corrected chi connectivity index (χ4v) is 2.86. The van der Waals surface area contributed by atoms with Crippen molar-refractivity contribution >= 4 is 5.78 Å². The highest BCUT2D eigenvalue weighted by molar-refractivity contribution is 5.97. The molecule has 0 aliphatic carbocycles. The van der Waals surface area contributed by atoms with Crippen molar-refractivity contribution in [2.24, 2.45) is 5.41 Å². The van der Waals surface area contributed by atoms with Crippen molar-refractivity contribution < 1.29 is 14.3 Å². The van der Waals surface area contributed by atoms with Crippen LogP contribution in [0.3, 0.4) is 0 Å². The molecule has 0 N–H and O–H groups in total. The molecule has 0 aromatic heterocycles. The Hall–Kier alpha value is -1.19. The van der Waals surface area contributed by atoms with Crippen LogP contribution in [0, 0.1) is 19.3 Å². The van der Waals surface area contributed by atoms with E-state index in [4.69, 9.17) is 9.47 Å². The molecule has 20 heavy (non-hydrogen) atoms. The molecule has 3 heteroatoms. The van der Waals surface area contributed by atoms with Gasteiger partial charge in [-0.05, 0) is 43.9 Å². The zero-order valence-corrected chi connectivity index (χ0v) is 12.9. The third-order valence-corrected chi connectivity index (χ3v) is 4.19. The van der Waals surface area contributed by atoms with Crippen LogP contribution in [-0.2, 0) is 16.1 Å². The van der Waals surface area contributed by atoms with Crippen molar-refractivity contribution in [1.29, 1.82) is 0 Å². The van der Waals surface area contributed by atoms with E-state index in [0.717, 1.165) is 48.5 Å². The predicted molar refractivity (Wildman–Crippen MR) is 79.1 cm³/mol. The predicted octanol–water partition coefficient (Wildman–Crippen LogP) is 3.45. The molecular formula is C17H24O3. The van der Waals surface area contributed by atoms with Crippen LogP contribution in [0.4, 0.5) is 0 Å². The van der Waals surface area contributed by atoms with Gasteiger partial charge in [0.2, 0.25) is 0 Å². The molecule has 0 spiro atoms. The second kappa shape index (κ2) is 6.06. The highest BCUT2D eigenvalue weighted by Gasteiger charge is 2.36. The quantitative estimate of drug-likeness (QED) is 0.747. The van der Waals surface area contributed by atoms with Crippen LogP contribution in [0.2, 0.25) is 0 Å². The molecule has 1 aliphatic heterocycles. The summed E-state index contributed by atoms with van der Waals surface area (Å²) in [5.41, 5.74) is 4.27. The van der Waals surface area contributed by atoms with E-state index >= 15 is 0 Å². The maximum atomic E-state index is 11.6. The molecule has 1 aromatic carbocycles. The summed E-state index contributed by atoms with van der Waals surface area (Å²) < 4.78 is 11.2. The Morgan fingerprint density at radius 1 is 1.30 bits per heavy atom. The summed E-state index contributed by atoms with van der Waals surface area (Å²) in [6, 6.07) is 4.11. The Labute approximate surface area is 121 Å². The number of hydrogen-bond donors (Lipinski definition) is 0. The molecule has 1 heterocycles. The second-order valence-electron chi connectivity index (χ2n) is 6.00. The Bertz CT molecular complexity index is 472. The Kier molecular flexibility index (Phi) is 4.61. The van der Waals surface area contributed by atoms with Gasteiger partial charge in [-0.2, -0.15) is 0 Å². The van der Waals surface area contributed by atoms with Crippen molar-refractivity contribution in [3.63, 3.8) is 0 Å². The average Bonchev–Trinajstić information content (AvgIpc) is 2.31. The van der Waals surface area contributed by atoms with E-state index < -0.39 is 0 Å². The lowest BCUT2D eigenvalue weighted by Crippen LogP contribution is -2.45. The number of carbonyl (C=O) groups excluding carboxylic acids is 1. The molecule has 110 valence electrons. The highest BCUT2D eigenvalue weighted by atomic mass is 16.5. The molecule has 1 saturated heterocycles. The molecule has 2 rings (SSSR count). The maximum absolute atomic E-state index is 11.6. The molecule has 1 fully saturated rings. The lowest BCUT2D eigenvalue weighted by Gasteiger charge is -2.40. The number of hydrogen-bond acceptors (Lipinski definition) is 3. The minimum atomic E-state index is 0.129. The van der Waals surface area contributed by atoms with E-state index in [0.29, 0.717) is 6.61 Å². The number of carbonyl (C=O) groups is 1. The van der Waals surface area contributed by atoms with Gasteiger partial charge in [0, 0.05) is 11.0 Å². The summed E-state index contributed by atoms with van der Waals surface area (Å²) in [6.07, 6.45) is 1.09. The smallest absolute Gasteiger partial charge is 0.160 e. The number of aryl methyl sites for hydroxylation is 2. The molecule has 0 amide bonds. The fourth-order valence-electron chi connectivity index (χ4n) is 2.86. The van der Waals surface area contributed by atoms with Crippen LogP contribution in [0.15, 0.2) is 12.1 Å². The van der Waals surface area contributed by atoms with Crippen LogP contribution in [0.5, 0.6) is 0 Å². The number of rotatable bonds is 6. The van der Waals surface area contributed by atoms with E-state index in [1.807, 2.05) is 13.8 Å². The van der Waals surface area contributed by atoms with Crippen molar-refractivity contribution in [1.82, 2.24) is 0 Å². The first-order valence-corrected chi connectivity index (χ1v) is 7.24. The monoisotopic (exact) mass is 276 g/mol. The van der Waals surface area contributed by atoms with Gasteiger partial charge in [0.05, 0.1) is 26.4 Å². The van der Waals surface area contributed by atoms with Gasteiger partial charge in [-0.1, -0.05) is 19.1 Å². The van der Waals surface area contributed by atoms with Crippen molar-refractivity contribution in [3.05, 3.63) is 34.4 Å². The Morgan fingerprint density at radius 2 is 1.90 bits per heavy atom. The van der Waals surface area contributed by atoms with Gasteiger partial charge < -0.3 is 9.47 Å². The number of benzene rings is 1. The molecule has 1 aromatic rings. The molecule has 0 saturated carbocycles.